The number of para-hydroxylation sites is 3. The van der Waals surface area contributed by atoms with Crippen molar-refractivity contribution in [2.45, 2.75) is 0 Å². The molecule has 0 unspecified atom stereocenters. The molecule has 0 saturated heterocycles. The quantitative estimate of drug-likeness (QED) is 0.168. The molecular weight excluding hydrogens is 769 g/mol. The topological polar surface area (TPSA) is 48.8 Å². The highest BCUT2D eigenvalue weighted by Crippen LogP contribution is 2.42. The summed E-state index contributed by atoms with van der Waals surface area (Å²) in [5, 5.41) is 5.70. The largest absolute Gasteiger partial charge is 0.456 e. The average molecular weight is 805 g/mol. The average Bonchev–Trinajstić information content (AvgIpc) is 4.01. The maximum absolute atomic E-state index is 6.48. The summed E-state index contributed by atoms with van der Waals surface area (Å²) in [5.41, 5.74) is 16.7. The van der Waals surface area contributed by atoms with Crippen LogP contribution in [0.4, 0.5) is 0 Å². The monoisotopic (exact) mass is 804 g/mol. The molecule has 0 spiro atoms. The van der Waals surface area contributed by atoms with Crippen molar-refractivity contribution >= 4 is 65.7 Å². The van der Waals surface area contributed by atoms with Crippen LogP contribution in [0.1, 0.15) is 0 Å². The highest BCUT2D eigenvalue weighted by Gasteiger charge is 2.22. The van der Waals surface area contributed by atoms with Gasteiger partial charge >= 0.3 is 0 Å². The SMILES string of the molecule is c1ccc(-c2nc(-c3ccccc3)c3c(n2)c2cc(-c4ccc5oc6ccc(-c7ccc8c(c7)c7ccccc7n8-c7ccccc7)cc6c5c4)ccc2n3-c2ccccc2)cc1. The van der Waals surface area contributed by atoms with Crippen molar-refractivity contribution in [2.75, 3.05) is 0 Å². The van der Waals surface area contributed by atoms with Crippen LogP contribution in [0.25, 0.3) is 122 Å². The maximum Gasteiger partial charge on any atom is 0.160 e. The molecular formula is C58H36N4O. The van der Waals surface area contributed by atoms with Gasteiger partial charge in [-0.05, 0) is 101 Å². The summed E-state index contributed by atoms with van der Waals surface area (Å²) in [4.78, 5) is 10.7. The minimum atomic E-state index is 0.697. The molecule has 0 saturated carbocycles. The lowest BCUT2D eigenvalue weighted by Crippen LogP contribution is -1.99. The second-order valence-corrected chi connectivity index (χ2v) is 16.2. The summed E-state index contributed by atoms with van der Waals surface area (Å²) in [6, 6.07) is 77.3. The fourth-order valence-corrected chi connectivity index (χ4v) is 9.58. The van der Waals surface area contributed by atoms with Gasteiger partial charge in [0.2, 0.25) is 0 Å². The van der Waals surface area contributed by atoms with Crippen LogP contribution >= 0.6 is 0 Å². The number of hydrogen-bond donors (Lipinski definition) is 0. The second kappa shape index (κ2) is 14.0. The number of furan rings is 1. The van der Waals surface area contributed by atoms with E-state index in [1.54, 1.807) is 0 Å². The smallest absolute Gasteiger partial charge is 0.160 e. The molecule has 5 heteroatoms. The lowest BCUT2D eigenvalue weighted by Gasteiger charge is -2.12. The normalized spacial score (nSPS) is 11.8. The summed E-state index contributed by atoms with van der Waals surface area (Å²) >= 11 is 0. The molecule has 13 aromatic rings. The standard InChI is InChI=1S/C58H36N4O/c1-5-15-37(16-6-1)55-57-56(60-58(59-55)38-17-7-2-8-18-38)49-36-40(26-30-52(49)62(57)44-21-11-4-12-22-44)42-28-32-54-48(35-42)47-34-41(27-31-53(47)63-54)39-25-29-51-46(33-39)45-23-13-14-24-50(45)61(51)43-19-9-3-10-20-43/h1-36H. The predicted octanol–water partition coefficient (Wildman–Crippen LogP) is 15.2. The fraction of sp³-hybridized carbons (Fsp3) is 0. The van der Waals surface area contributed by atoms with Crippen LogP contribution in [0.15, 0.2) is 223 Å². The molecule has 0 radical (unpaired) electrons. The third-order valence-electron chi connectivity index (χ3n) is 12.5. The first-order chi connectivity index (χ1) is 31.2. The molecule has 0 bridgehead atoms. The highest BCUT2D eigenvalue weighted by molar-refractivity contribution is 6.14. The Hall–Kier alpha value is -8.54. The zero-order chi connectivity index (χ0) is 41.4. The van der Waals surface area contributed by atoms with Gasteiger partial charge in [0.1, 0.15) is 16.7 Å². The minimum Gasteiger partial charge on any atom is -0.456 e. The highest BCUT2D eigenvalue weighted by atomic mass is 16.3. The number of fused-ring (bicyclic) bond motifs is 9. The van der Waals surface area contributed by atoms with Gasteiger partial charge in [-0.15, -0.1) is 0 Å². The Kier molecular flexibility index (Phi) is 7.84. The van der Waals surface area contributed by atoms with Crippen LogP contribution in [-0.4, -0.2) is 19.1 Å². The van der Waals surface area contributed by atoms with Crippen molar-refractivity contribution in [3.8, 4) is 56.3 Å². The van der Waals surface area contributed by atoms with E-state index in [1.165, 1.54) is 21.8 Å². The lowest BCUT2D eigenvalue weighted by atomic mass is 9.98. The number of nitrogens with zero attached hydrogens (tertiary/aromatic N) is 4. The molecule has 0 N–H and O–H groups in total. The first-order valence-electron chi connectivity index (χ1n) is 21.3. The van der Waals surface area contributed by atoms with Gasteiger partial charge in [-0.1, -0.05) is 140 Å². The number of hydrogen-bond acceptors (Lipinski definition) is 3. The first kappa shape index (κ1) is 35.2. The van der Waals surface area contributed by atoms with Gasteiger partial charge in [0.25, 0.3) is 0 Å². The molecule has 0 aliphatic carbocycles. The van der Waals surface area contributed by atoms with Crippen molar-refractivity contribution in [3.05, 3.63) is 218 Å². The van der Waals surface area contributed by atoms with Crippen LogP contribution in [-0.2, 0) is 0 Å². The van der Waals surface area contributed by atoms with Gasteiger partial charge in [0.15, 0.2) is 5.82 Å². The Labute approximate surface area is 362 Å². The molecule has 13 rings (SSSR count). The van der Waals surface area contributed by atoms with Crippen molar-refractivity contribution < 1.29 is 4.42 Å². The van der Waals surface area contributed by atoms with E-state index in [4.69, 9.17) is 14.4 Å². The Balaban J connectivity index is 0.979. The Morgan fingerprint density at radius 3 is 1.40 bits per heavy atom. The van der Waals surface area contributed by atoms with Crippen molar-refractivity contribution in [1.29, 1.82) is 0 Å². The Bertz CT molecular complexity index is 3890. The van der Waals surface area contributed by atoms with Crippen LogP contribution < -0.4 is 0 Å². The minimum absolute atomic E-state index is 0.697. The van der Waals surface area contributed by atoms with Gasteiger partial charge in [-0.25, -0.2) is 9.97 Å². The van der Waals surface area contributed by atoms with Crippen LogP contribution in [0.3, 0.4) is 0 Å². The van der Waals surface area contributed by atoms with Crippen LogP contribution in [0.2, 0.25) is 0 Å². The van der Waals surface area contributed by atoms with E-state index in [-0.39, 0.29) is 0 Å². The Morgan fingerprint density at radius 1 is 0.317 bits per heavy atom. The predicted molar refractivity (Wildman–Crippen MR) is 260 cm³/mol. The molecule has 294 valence electrons. The van der Waals surface area contributed by atoms with Crippen molar-refractivity contribution in [3.63, 3.8) is 0 Å². The molecule has 4 aromatic heterocycles. The first-order valence-corrected chi connectivity index (χ1v) is 21.3. The molecule has 63 heavy (non-hydrogen) atoms. The summed E-state index contributed by atoms with van der Waals surface area (Å²) < 4.78 is 11.2. The molecule has 0 aliphatic heterocycles. The van der Waals surface area contributed by atoms with Crippen LogP contribution in [0, 0.1) is 0 Å². The molecule has 0 aliphatic rings. The summed E-state index contributed by atoms with van der Waals surface area (Å²) in [6.07, 6.45) is 0. The van der Waals surface area contributed by atoms with Gasteiger partial charge in [0, 0.05) is 49.4 Å². The van der Waals surface area contributed by atoms with E-state index in [0.717, 1.165) is 94.3 Å². The summed E-state index contributed by atoms with van der Waals surface area (Å²) in [7, 11) is 0. The molecule has 9 aromatic carbocycles. The number of rotatable bonds is 6. The molecule has 0 amide bonds. The lowest BCUT2D eigenvalue weighted by molar-refractivity contribution is 0.669. The van der Waals surface area contributed by atoms with Crippen molar-refractivity contribution in [2.24, 2.45) is 0 Å². The van der Waals surface area contributed by atoms with E-state index in [0.29, 0.717) is 5.82 Å². The van der Waals surface area contributed by atoms with Gasteiger partial charge in [0.05, 0.1) is 27.8 Å². The second-order valence-electron chi connectivity index (χ2n) is 16.2. The number of aromatic nitrogens is 4. The third kappa shape index (κ3) is 5.64. The van der Waals surface area contributed by atoms with Gasteiger partial charge in [-0.2, -0.15) is 0 Å². The van der Waals surface area contributed by atoms with E-state index in [2.05, 4.69) is 203 Å². The zero-order valence-corrected chi connectivity index (χ0v) is 34.0. The fourth-order valence-electron chi connectivity index (χ4n) is 9.58. The molecule has 5 nitrogen and oxygen atoms in total. The van der Waals surface area contributed by atoms with Gasteiger partial charge < -0.3 is 13.6 Å². The van der Waals surface area contributed by atoms with E-state index in [1.807, 2.05) is 24.3 Å². The summed E-state index contributed by atoms with van der Waals surface area (Å²) in [5.74, 6) is 0.697. The van der Waals surface area contributed by atoms with Crippen LogP contribution in [0.5, 0.6) is 0 Å². The van der Waals surface area contributed by atoms with E-state index >= 15 is 0 Å². The Morgan fingerprint density at radius 2 is 0.778 bits per heavy atom. The molecule has 4 heterocycles. The summed E-state index contributed by atoms with van der Waals surface area (Å²) in [6.45, 7) is 0. The zero-order valence-electron chi connectivity index (χ0n) is 34.0. The third-order valence-corrected chi connectivity index (χ3v) is 12.5. The maximum atomic E-state index is 6.48. The van der Waals surface area contributed by atoms with Gasteiger partial charge in [-0.3, -0.25) is 0 Å². The molecule has 0 fully saturated rings. The van der Waals surface area contributed by atoms with Crippen molar-refractivity contribution in [1.82, 2.24) is 19.1 Å². The molecule has 0 atom stereocenters. The van der Waals surface area contributed by atoms with E-state index < -0.39 is 0 Å². The van der Waals surface area contributed by atoms with E-state index in [9.17, 15) is 0 Å². The number of benzene rings is 9.